The first-order chi connectivity index (χ1) is 16.0. The molecule has 3 aromatic rings. The molecule has 6 nitrogen and oxygen atoms in total. The molecule has 0 saturated heterocycles. The second-order valence-electron chi connectivity index (χ2n) is 7.72. The van der Waals surface area contributed by atoms with E-state index in [4.69, 9.17) is 26.1 Å². The van der Waals surface area contributed by atoms with Gasteiger partial charge in [0.05, 0.1) is 12.8 Å². The van der Waals surface area contributed by atoms with Crippen molar-refractivity contribution >= 4 is 34.5 Å². The first kappa shape index (κ1) is 23.5. The normalized spacial score (nSPS) is 13.4. The third-order valence-electron chi connectivity index (χ3n) is 5.82. The maximum Gasteiger partial charge on any atom is 0.270 e. The van der Waals surface area contributed by atoms with Gasteiger partial charge in [0.1, 0.15) is 16.5 Å². The minimum absolute atomic E-state index is 0.0359. The predicted octanol–water partition coefficient (Wildman–Crippen LogP) is 5.40. The third kappa shape index (κ3) is 5.16. The van der Waals surface area contributed by atoms with Gasteiger partial charge in [0.15, 0.2) is 11.5 Å². The van der Waals surface area contributed by atoms with Crippen LogP contribution in [-0.2, 0) is 6.42 Å². The van der Waals surface area contributed by atoms with E-state index in [-0.39, 0.29) is 5.91 Å². The molecule has 33 heavy (non-hydrogen) atoms. The number of anilines is 1. The van der Waals surface area contributed by atoms with Crippen LogP contribution in [0, 0.1) is 0 Å². The zero-order valence-electron chi connectivity index (χ0n) is 19.1. The van der Waals surface area contributed by atoms with Crippen molar-refractivity contribution in [1.29, 1.82) is 0 Å². The molecule has 8 heteroatoms. The highest BCUT2D eigenvalue weighted by molar-refractivity contribution is 7.17. The summed E-state index contributed by atoms with van der Waals surface area (Å²) in [6.45, 7) is 8.27. The molecule has 0 radical (unpaired) electrons. The van der Waals surface area contributed by atoms with Crippen LogP contribution in [0.25, 0.3) is 10.6 Å². The molecule has 174 valence electrons. The van der Waals surface area contributed by atoms with Crippen molar-refractivity contribution in [2.24, 2.45) is 0 Å². The van der Waals surface area contributed by atoms with Crippen LogP contribution in [0.4, 0.5) is 5.69 Å². The molecular weight excluding hydrogens is 458 g/mol. The molecule has 0 aliphatic carbocycles. The number of ether oxygens (including phenoxy) is 2. The van der Waals surface area contributed by atoms with E-state index in [1.54, 1.807) is 12.0 Å². The molecule has 1 aliphatic heterocycles. The van der Waals surface area contributed by atoms with Crippen LogP contribution >= 0.6 is 22.9 Å². The van der Waals surface area contributed by atoms with Gasteiger partial charge in [-0.1, -0.05) is 37.6 Å². The van der Waals surface area contributed by atoms with E-state index in [0.717, 1.165) is 41.6 Å². The van der Waals surface area contributed by atoms with E-state index >= 15 is 0 Å². The van der Waals surface area contributed by atoms with E-state index < -0.39 is 0 Å². The average Bonchev–Trinajstić information content (AvgIpc) is 3.28. The molecule has 2 heterocycles. The van der Waals surface area contributed by atoms with Crippen molar-refractivity contribution in [2.75, 3.05) is 44.8 Å². The van der Waals surface area contributed by atoms with Crippen LogP contribution in [0.1, 0.15) is 29.2 Å². The van der Waals surface area contributed by atoms with E-state index in [2.05, 4.69) is 18.7 Å². The van der Waals surface area contributed by atoms with E-state index in [1.807, 2.05) is 42.5 Å². The monoisotopic (exact) mass is 485 g/mol. The molecule has 1 aliphatic rings. The summed E-state index contributed by atoms with van der Waals surface area (Å²) in [5, 5.41) is 1.51. The van der Waals surface area contributed by atoms with Crippen LogP contribution in [-0.4, -0.2) is 55.7 Å². The number of likely N-dealkylation sites (N-methyl/N-ethyl adjacent to an activating group) is 1. The van der Waals surface area contributed by atoms with E-state index in [0.29, 0.717) is 41.0 Å². The second-order valence-corrected chi connectivity index (χ2v) is 9.15. The largest absolute Gasteiger partial charge is 0.493 e. The van der Waals surface area contributed by atoms with Crippen molar-refractivity contribution in [2.45, 2.75) is 20.3 Å². The Morgan fingerprint density at radius 1 is 1.12 bits per heavy atom. The van der Waals surface area contributed by atoms with Gasteiger partial charge in [-0.05, 0) is 37.4 Å². The Bertz CT molecular complexity index is 1110. The number of rotatable bonds is 9. The number of aromatic nitrogens is 1. The molecule has 1 amide bonds. The highest BCUT2D eigenvalue weighted by atomic mass is 35.5. The molecular formula is C25H28ClN3O3S. The Morgan fingerprint density at radius 3 is 2.58 bits per heavy atom. The van der Waals surface area contributed by atoms with Crippen LogP contribution in [0.2, 0.25) is 5.02 Å². The number of hydrogen-bond acceptors (Lipinski definition) is 6. The Balaban J connectivity index is 1.51. The standard InChI is InChI=1S/C25H28ClN3O3S/c1-4-28(5-2)14-15-32-21-11-10-19(16-22(21)31-3)29-13-12-20-23(25(29)30)33-24(27-20)17-6-8-18(26)9-7-17/h6-11,16H,4-5,12-15H2,1-3H3. The molecule has 0 N–H and O–H groups in total. The molecule has 0 spiro atoms. The minimum Gasteiger partial charge on any atom is -0.493 e. The van der Waals surface area contributed by atoms with Crippen molar-refractivity contribution in [3.05, 3.63) is 58.1 Å². The highest BCUT2D eigenvalue weighted by Crippen LogP contribution is 2.36. The van der Waals surface area contributed by atoms with E-state index in [1.165, 1.54) is 11.3 Å². The molecule has 1 aromatic heterocycles. The van der Waals surface area contributed by atoms with Gasteiger partial charge in [-0.15, -0.1) is 11.3 Å². The molecule has 2 aromatic carbocycles. The van der Waals surface area contributed by atoms with Gasteiger partial charge in [-0.25, -0.2) is 4.98 Å². The molecule has 0 unspecified atom stereocenters. The summed E-state index contributed by atoms with van der Waals surface area (Å²) in [5.41, 5.74) is 2.61. The maximum absolute atomic E-state index is 13.3. The minimum atomic E-state index is -0.0359. The van der Waals surface area contributed by atoms with E-state index in [9.17, 15) is 4.79 Å². The quantitative estimate of drug-likeness (QED) is 0.406. The number of carbonyl (C=O) groups excluding carboxylic acids is 1. The van der Waals surface area contributed by atoms with Crippen LogP contribution < -0.4 is 14.4 Å². The average molecular weight is 486 g/mol. The Morgan fingerprint density at radius 2 is 1.88 bits per heavy atom. The maximum atomic E-state index is 13.3. The van der Waals surface area contributed by atoms with Gasteiger partial charge in [0.25, 0.3) is 5.91 Å². The summed E-state index contributed by atoms with van der Waals surface area (Å²) in [6, 6.07) is 13.2. The number of benzene rings is 2. The second kappa shape index (κ2) is 10.5. The van der Waals surface area contributed by atoms with Crippen molar-refractivity contribution < 1.29 is 14.3 Å². The van der Waals surface area contributed by atoms with Gasteiger partial charge in [-0.2, -0.15) is 0 Å². The number of fused-ring (bicyclic) bond motifs is 1. The fraction of sp³-hybridized carbons (Fsp3) is 0.360. The van der Waals surface area contributed by atoms with Gasteiger partial charge in [0.2, 0.25) is 0 Å². The number of halogens is 1. The van der Waals surface area contributed by atoms with Crippen LogP contribution in [0.5, 0.6) is 11.5 Å². The van der Waals surface area contributed by atoms with Gasteiger partial charge < -0.3 is 19.3 Å². The highest BCUT2D eigenvalue weighted by Gasteiger charge is 2.30. The summed E-state index contributed by atoms with van der Waals surface area (Å²) in [4.78, 5) is 22.8. The Kier molecular flexibility index (Phi) is 7.53. The number of hydrogen-bond donors (Lipinski definition) is 0. The first-order valence-corrected chi connectivity index (χ1v) is 12.3. The smallest absolute Gasteiger partial charge is 0.270 e. The summed E-state index contributed by atoms with van der Waals surface area (Å²) in [5.74, 6) is 1.27. The number of carbonyl (C=O) groups is 1. The predicted molar refractivity (Wildman–Crippen MR) is 134 cm³/mol. The van der Waals surface area contributed by atoms with Crippen molar-refractivity contribution in [1.82, 2.24) is 9.88 Å². The number of nitrogens with zero attached hydrogens (tertiary/aromatic N) is 3. The molecule has 4 rings (SSSR count). The van der Waals surface area contributed by atoms with Crippen LogP contribution in [0.15, 0.2) is 42.5 Å². The van der Waals surface area contributed by atoms with Gasteiger partial charge in [-0.3, -0.25) is 4.79 Å². The Labute approximate surface area is 203 Å². The third-order valence-corrected chi connectivity index (χ3v) is 7.21. The summed E-state index contributed by atoms with van der Waals surface area (Å²) >= 11 is 7.43. The fourth-order valence-electron chi connectivity index (χ4n) is 3.86. The number of methoxy groups -OCH3 is 1. The van der Waals surface area contributed by atoms with Crippen LogP contribution in [0.3, 0.4) is 0 Å². The SMILES string of the molecule is CCN(CC)CCOc1ccc(N2CCc3nc(-c4ccc(Cl)cc4)sc3C2=O)cc1OC. The fourth-order valence-corrected chi connectivity index (χ4v) is 5.05. The molecule has 0 atom stereocenters. The van der Waals surface area contributed by atoms with Gasteiger partial charge in [0, 0.05) is 41.9 Å². The summed E-state index contributed by atoms with van der Waals surface area (Å²) in [7, 11) is 1.62. The summed E-state index contributed by atoms with van der Waals surface area (Å²) < 4.78 is 11.5. The number of thiazole rings is 1. The Hall–Kier alpha value is -2.61. The zero-order chi connectivity index (χ0) is 23.4. The molecule has 0 saturated carbocycles. The van der Waals surface area contributed by atoms with Crippen molar-refractivity contribution in [3.63, 3.8) is 0 Å². The van der Waals surface area contributed by atoms with Crippen molar-refractivity contribution in [3.8, 4) is 22.1 Å². The zero-order valence-corrected chi connectivity index (χ0v) is 20.7. The first-order valence-electron chi connectivity index (χ1n) is 11.1. The molecule has 0 fully saturated rings. The molecule has 0 bridgehead atoms. The number of amides is 1. The lowest BCUT2D eigenvalue weighted by Crippen LogP contribution is -2.36. The topological polar surface area (TPSA) is 54.9 Å². The summed E-state index contributed by atoms with van der Waals surface area (Å²) in [6.07, 6.45) is 0.704. The van der Waals surface area contributed by atoms with Gasteiger partial charge >= 0.3 is 0 Å². The lowest BCUT2D eigenvalue weighted by atomic mass is 10.1. The lowest BCUT2D eigenvalue weighted by Gasteiger charge is -2.27. The lowest BCUT2D eigenvalue weighted by molar-refractivity contribution is 0.0984.